The summed E-state index contributed by atoms with van der Waals surface area (Å²) in [6.45, 7) is 9.89. The van der Waals surface area contributed by atoms with Crippen LogP contribution in [0.2, 0.25) is 0 Å². The minimum Gasteiger partial charge on any atom is -0.483 e. The highest BCUT2D eigenvalue weighted by atomic mass is 19.3. The number of carbonyl (C=O) groups is 2. The van der Waals surface area contributed by atoms with Crippen molar-refractivity contribution in [2.45, 2.75) is 115 Å². The molecule has 3 aliphatic heterocycles. The second-order valence-corrected chi connectivity index (χ2v) is 17.5. The van der Waals surface area contributed by atoms with Gasteiger partial charge in [0, 0.05) is 66.0 Å². The number of imidazole rings is 2. The summed E-state index contributed by atoms with van der Waals surface area (Å²) in [5.41, 5.74) is 4.98. The molecule has 5 aliphatic rings. The van der Waals surface area contributed by atoms with Crippen molar-refractivity contribution in [3.8, 4) is 28.3 Å². The standard InChI is InChI=1S/C44H46F2N8O6.2C3H8/c1-58-41(28-11-12-28)49-22-38(56)54-16-4-6-35(54)40-48-21-33(52-40)29-13-14-36-31(17-29)43(24-44(45,46)25-43)18-37(60-36)27-9-7-26(8-10-27)32-20-47-39(51-32)34-5-3-15-53(34)30(23-55)19-50-42(57)59-2;2*1-3-2/h7-10,13-14,17-18,20-21,34-35,49H,3-6,11-12,15-16,19,22,24-25H2,1-2H3,(H,47,51)(H,48,52)(H,50,57);2*3H2,1-2H3/t34-,35-;;/m0../s1. The van der Waals surface area contributed by atoms with Gasteiger partial charge in [0.2, 0.25) is 5.91 Å². The molecule has 16 heteroatoms. The number of hydrogen-bond acceptors (Lipinski definition) is 10. The van der Waals surface area contributed by atoms with E-state index in [4.69, 9.17) is 19.4 Å². The minimum absolute atomic E-state index is 0.00690. The van der Waals surface area contributed by atoms with Crippen LogP contribution in [0, 0.1) is 0 Å². The molecule has 14 nitrogen and oxygen atoms in total. The van der Waals surface area contributed by atoms with E-state index in [-0.39, 0.29) is 43.9 Å². The first-order valence-corrected chi connectivity index (χ1v) is 23.2. The maximum absolute atomic E-state index is 14.8. The fourth-order valence-electron chi connectivity index (χ4n) is 9.10. The number of hydrogen-bond donors (Lipinski definition) is 4. The Kier molecular flexibility index (Phi) is 15.0. The van der Waals surface area contributed by atoms with Gasteiger partial charge in [-0.25, -0.2) is 28.3 Å². The topological polar surface area (TPSA) is 167 Å². The van der Waals surface area contributed by atoms with Crippen LogP contribution in [0.15, 0.2) is 78.1 Å². The molecule has 66 heavy (non-hydrogen) atoms. The number of allylic oxidation sites excluding steroid dienone is 2. The van der Waals surface area contributed by atoms with Gasteiger partial charge in [-0.3, -0.25) is 4.79 Å². The van der Waals surface area contributed by atoms with Crippen molar-refractivity contribution in [3.05, 3.63) is 101 Å². The second kappa shape index (κ2) is 20.8. The smallest absolute Gasteiger partial charge is 0.407 e. The Balaban J connectivity index is 0.00000103. The van der Waals surface area contributed by atoms with Crippen molar-refractivity contribution in [3.63, 3.8) is 0 Å². The van der Waals surface area contributed by atoms with Gasteiger partial charge in [0.25, 0.3) is 5.92 Å². The Bertz CT molecular complexity index is 2450. The van der Waals surface area contributed by atoms with Crippen LogP contribution in [-0.2, 0) is 24.5 Å². The normalized spacial score (nSPS) is 19.3. The van der Waals surface area contributed by atoms with E-state index in [0.29, 0.717) is 64.8 Å². The van der Waals surface area contributed by atoms with Gasteiger partial charge in [-0.15, -0.1) is 0 Å². The molecule has 0 unspecified atom stereocenters. The summed E-state index contributed by atoms with van der Waals surface area (Å²) in [4.78, 5) is 56.7. The third-order valence-electron chi connectivity index (χ3n) is 12.2. The lowest BCUT2D eigenvalue weighted by Crippen LogP contribution is -2.49. The number of alkyl carbamates (subject to hydrolysis) is 1. The van der Waals surface area contributed by atoms with Gasteiger partial charge in [-0.2, -0.15) is 0 Å². The number of aromatic nitrogens is 4. The lowest BCUT2D eigenvalue weighted by atomic mass is 9.60. The van der Waals surface area contributed by atoms with Crippen LogP contribution in [0.5, 0.6) is 5.75 Å². The molecule has 4 aromatic rings. The fraction of sp³-hybridized carbons (Fsp3) is 0.480. The van der Waals surface area contributed by atoms with Crippen molar-refractivity contribution in [1.29, 1.82) is 0 Å². The van der Waals surface area contributed by atoms with Crippen LogP contribution in [0.4, 0.5) is 13.6 Å². The van der Waals surface area contributed by atoms with E-state index in [1.165, 1.54) is 25.5 Å². The van der Waals surface area contributed by atoms with Crippen LogP contribution in [-0.4, -0.2) is 94.0 Å². The Morgan fingerprint density at radius 3 is 1.97 bits per heavy atom. The number of alkyl halides is 2. The number of likely N-dealkylation sites (tertiary alicyclic amines) is 2. The molecular formula is C50H62F2N8O6. The van der Waals surface area contributed by atoms with Crippen molar-refractivity contribution in [1.82, 2.24) is 40.4 Å². The predicted octanol–water partition coefficient (Wildman–Crippen LogP) is 9.51. The van der Waals surface area contributed by atoms with Gasteiger partial charge in [-0.05, 0) is 68.4 Å². The van der Waals surface area contributed by atoms with Crippen LogP contribution in [0.3, 0.4) is 0 Å². The molecule has 4 N–H and O–H groups in total. The lowest BCUT2D eigenvalue weighted by Gasteiger charge is -2.48. The van der Waals surface area contributed by atoms with Crippen LogP contribution in [0.25, 0.3) is 28.3 Å². The van der Waals surface area contributed by atoms with Crippen LogP contribution >= 0.6 is 0 Å². The highest BCUT2D eigenvalue weighted by Crippen LogP contribution is 2.59. The first-order chi connectivity index (χ1) is 31.9. The third kappa shape index (κ3) is 10.5. The Labute approximate surface area is 385 Å². The molecule has 2 amide bonds. The molecule has 4 fully saturated rings. The third-order valence-corrected chi connectivity index (χ3v) is 12.2. The summed E-state index contributed by atoms with van der Waals surface area (Å²) in [5, 5.41) is 5.70. The Morgan fingerprint density at radius 1 is 0.818 bits per heavy atom. The summed E-state index contributed by atoms with van der Waals surface area (Å²) in [5.74, 6) is 2.21. The Morgan fingerprint density at radius 2 is 1.39 bits per heavy atom. The average Bonchev–Trinajstić information content (AvgIpc) is 3.76. The monoisotopic (exact) mass is 908 g/mol. The molecule has 0 radical (unpaired) electrons. The number of halogens is 2. The molecule has 2 aliphatic carbocycles. The fourth-order valence-corrected chi connectivity index (χ4v) is 9.10. The van der Waals surface area contributed by atoms with Gasteiger partial charge >= 0.3 is 6.09 Å². The number of nitrogens with one attached hydrogen (secondary N) is 4. The number of amides is 2. The molecule has 9 rings (SSSR count). The van der Waals surface area contributed by atoms with Gasteiger partial charge in [-0.1, -0.05) is 64.8 Å². The quantitative estimate of drug-likeness (QED) is 0.0795. The molecule has 352 valence electrons. The summed E-state index contributed by atoms with van der Waals surface area (Å²) < 4.78 is 46.1. The molecule has 2 aromatic carbocycles. The second-order valence-electron chi connectivity index (χ2n) is 17.5. The van der Waals surface area contributed by atoms with E-state index in [0.717, 1.165) is 55.2 Å². The maximum Gasteiger partial charge on any atom is 0.407 e. The number of fused-ring (bicyclic) bond motifs is 2. The molecule has 1 spiro atoms. The lowest BCUT2D eigenvalue weighted by molar-refractivity contribution is -0.131. The Hall–Kier alpha value is -6.41. The summed E-state index contributed by atoms with van der Waals surface area (Å²) >= 11 is 0. The van der Waals surface area contributed by atoms with E-state index in [1.54, 1.807) is 7.11 Å². The highest BCUT2D eigenvalue weighted by molar-refractivity contribution is 5.79. The largest absolute Gasteiger partial charge is 0.483 e. The van der Waals surface area contributed by atoms with Gasteiger partial charge in [0.05, 0.1) is 50.8 Å². The average molecular weight is 909 g/mol. The SMILES string of the molecule is CCC.CCC.COC(=O)NCC(=C=O)N1CCC[C@H]1c1nc(-c2ccc(C3=CC4(CC(F)(F)C4)c4cc(-c5c[nH]c([C@@H]6CCCN6C(=O)CNC(OC)=C6CC6)n5)ccc4O3)cc2)c[nH]1. The summed E-state index contributed by atoms with van der Waals surface area (Å²) in [6.07, 6.45) is 11.9. The zero-order valence-corrected chi connectivity index (χ0v) is 38.8. The first kappa shape index (κ1) is 47.5. The molecule has 2 atom stereocenters. The van der Waals surface area contributed by atoms with Crippen LogP contribution in [0.1, 0.15) is 127 Å². The number of nitrogens with zero attached hydrogens (tertiary/aromatic N) is 4. The van der Waals surface area contributed by atoms with Crippen molar-refractivity contribution < 1.29 is 37.4 Å². The molecule has 2 aromatic heterocycles. The molecule has 2 saturated heterocycles. The number of carbonyl (C=O) groups excluding carboxylic acids is 3. The summed E-state index contributed by atoms with van der Waals surface area (Å²) in [6, 6.07) is 12.8. The van der Waals surface area contributed by atoms with E-state index in [1.807, 2.05) is 76.7 Å². The van der Waals surface area contributed by atoms with E-state index in [9.17, 15) is 23.2 Å². The molecule has 2 saturated carbocycles. The maximum atomic E-state index is 14.8. The van der Waals surface area contributed by atoms with Gasteiger partial charge < -0.3 is 44.6 Å². The number of benzene rings is 2. The number of rotatable bonds is 12. The first-order valence-electron chi connectivity index (χ1n) is 23.2. The molecule has 5 heterocycles. The predicted molar refractivity (Wildman–Crippen MR) is 248 cm³/mol. The summed E-state index contributed by atoms with van der Waals surface area (Å²) in [7, 11) is 2.87. The zero-order valence-electron chi connectivity index (χ0n) is 38.8. The zero-order chi connectivity index (χ0) is 47.0. The highest BCUT2D eigenvalue weighted by Gasteiger charge is 2.58. The van der Waals surface area contributed by atoms with E-state index in [2.05, 4.69) is 53.0 Å². The van der Waals surface area contributed by atoms with Crippen molar-refractivity contribution >= 4 is 23.7 Å². The van der Waals surface area contributed by atoms with Gasteiger partial charge in [0.1, 0.15) is 34.8 Å². The number of methoxy groups -OCH3 is 2. The minimum atomic E-state index is -2.81. The molecule has 0 bridgehead atoms. The van der Waals surface area contributed by atoms with E-state index >= 15 is 0 Å². The van der Waals surface area contributed by atoms with Gasteiger partial charge in [0.15, 0.2) is 5.88 Å². The van der Waals surface area contributed by atoms with E-state index < -0.39 is 17.4 Å². The number of ether oxygens (including phenoxy) is 3. The number of aromatic amines is 2. The van der Waals surface area contributed by atoms with Crippen molar-refractivity contribution in [2.24, 2.45) is 0 Å². The van der Waals surface area contributed by atoms with Crippen LogP contribution < -0.4 is 15.4 Å². The number of H-pyrrole nitrogens is 2. The van der Waals surface area contributed by atoms with Crippen molar-refractivity contribution in [2.75, 3.05) is 40.4 Å². The molecular weight excluding hydrogens is 847 g/mol.